The van der Waals surface area contributed by atoms with Crippen LogP contribution in [0, 0.1) is 11.3 Å². The third kappa shape index (κ3) is 2.15. The molecular formula is C16H11N3O3. The Morgan fingerprint density at radius 1 is 1.32 bits per heavy atom. The van der Waals surface area contributed by atoms with E-state index < -0.39 is 17.8 Å². The zero-order valence-electron chi connectivity index (χ0n) is 11.4. The molecule has 1 aliphatic heterocycles. The number of amides is 1. The maximum atomic E-state index is 11.7. The quantitative estimate of drug-likeness (QED) is 0.876. The summed E-state index contributed by atoms with van der Waals surface area (Å²) in [5, 5.41) is 19.0. The third-order valence-corrected chi connectivity index (χ3v) is 3.48. The standard InChI is InChI=1S/C16H11N3O3/c17-8-9-1-2-11-12(7-9)22-16(21)14(15(18)20)13(11)10-3-5-19-6-4-10/h1-7,13,21H,(H2,18,20)/t13-/m0/s1. The molecule has 2 heterocycles. The number of aliphatic hydroxyl groups excluding tert-OH is 1. The van der Waals surface area contributed by atoms with Crippen LogP contribution in [0.5, 0.6) is 5.75 Å². The second kappa shape index (κ2) is 5.22. The van der Waals surface area contributed by atoms with Gasteiger partial charge in [-0.1, -0.05) is 6.07 Å². The molecule has 1 amide bonds. The zero-order valence-corrected chi connectivity index (χ0v) is 11.4. The van der Waals surface area contributed by atoms with E-state index in [-0.39, 0.29) is 5.57 Å². The lowest BCUT2D eigenvalue weighted by Crippen LogP contribution is -2.27. The molecule has 0 bridgehead atoms. The first kappa shape index (κ1) is 13.6. The highest BCUT2D eigenvalue weighted by Crippen LogP contribution is 2.42. The number of aliphatic hydroxyl groups is 1. The maximum absolute atomic E-state index is 11.7. The van der Waals surface area contributed by atoms with Gasteiger partial charge in [0.25, 0.3) is 11.9 Å². The van der Waals surface area contributed by atoms with Crippen LogP contribution in [0.2, 0.25) is 0 Å². The monoisotopic (exact) mass is 293 g/mol. The summed E-state index contributed by atoms with van der Waals surface area (Å²) < 4.78 is 5.27. The Morgan fingerprint density at radius 2 is 2.05 bits per heavy atom. The summed E-state index contributed by atoms with van der Waals surface area (Å²) >= 11 is 0. The molecule has 108 valence electrons. The van der Waals surface area contributed by atoms with E-state index in [0.29, 0.717) is 16.9 Å². The molecule has 2 aromatic rings. The van der Waals surface area contributed by atoms with E-state index >= 15 is 0 Å². The first-order chi connectivity index (χ1) is 10.6. The molecular weight excluding hydrogens is 282 g/mol. The number of nitrogens with two attached hydrogens (primary N) is 1. The molecule has 3 N–H and O–H groups in total. The second-order valence-electron chi connectivity index (χ2n) is 4.76. The van der Waals surface area contributed by atoms with Gasteiger partial charge in [0.15, 0.2) is 0 Å². The molecule has 6 heteroatoms. The third-order valence-electron chi connectivity index (χ3n) is 3.48. The average molecular weight is 293 g/mol. The molecule has 0 radical (unpaired) electrons. The van der Waals surface area contributed by atoms with Crippen LogP contribution in [0.3, 0.4) is 0 Å². The Bertz CT molecular complexity index is 822. The van der Waals surface area contributed by atoms with Gasteiger partial charge < -0.3 is 15.6 Å². The van der Waals surface area contributed by atoms with Crippen molar-refractivity contribution in [2.75, 3.05) is 0 Å². The number of ether oxygens (including phenoxy) is 1. The van der Waals surface area contributed by atoms with Crippen LogP contribution in [0.25, 0.3) is 0 Å². The van der Waals surface area contributed by atoms with E-state index in [1.54, 1.807) is 36.7 Å². The predicted molar refractivity (Wildman–Crippen MR) is 76.7 cm³/mol. The number of rotatable bonds is 2. The summed E-state index contributed by atoms with van der Waals surface area (Å²) in [6.45, 7) is 0. The lowest BCUT2D eigenvalue weighted by molar-refractivity contribution is -0.115. The number of hydrogen-bond donors (Lipinski definition) is 2. The van der Waals surface area contributed by atoms with Crippen molar-refractivity contribution >= 4 is 5.91 Å². The van der Waals surface area contributed by atoms with Crippen molar-refractivity contribution in [3.63, 3.8) is 0 Å². The lowest BCUT2D eigenvalue weighted by atomic mass is 9.83. The number of carbonyl (C=O) groups is 1. The van der Waals surface area contributed by atoms with Gasteiger partial charge in [-0.25, -0.2) is 0 Å². The van der Waals surface area contributed by atoms with Gasteiger partial charge in [-0.2, -0.15) is 5.26 Å². The molecule has 22 heavy (non-hydrogen) atoms. The molecule has 0 saturated carbocycles. The second-order valence-corrected chi connectivity index (χ2v) is 4.76. The van der Waals surface area contributed by atoms with Gasteiger partial charge in [-0.15, -0.1) is 0 Å². The summed E-state index contributed by atoms with van der Waals surface area (Å²) in [5.74, 6) is -1.56. The first-order valence-electron chi connectivity index (χ1n) is 6.46. The SMILES string of the molecule is N#Cc1ccc2c(c1)OC(O)=C(C(N)=O)[C@H]2c1ccncc1. The van der Waals surface area contributed by atoms with Gasteiger partial charge in [0, 0.05) is 18.0 Å². The number of fused-ring (bicyclic) bond motifs is 1. The first-order valence-corrected chi connectivity index (χ1v) is 6.46. The summed E-state index contributed by atoms with van der Waals surface area (Å²) in [5.41, 5.74) is 7.15. The van der Waals surface area contributed by atoms with Crippen molar-refractivity contribution in [1.82, 2.24) is 4.98 Å². The largest absolute Gasteiger partial charge is 0.480 e. The molecule has 0 fully saturated rings. The van der Waals surface area contributed by atoms with Crippen molar-refractivity contribution in [3.8, 4) is 11.8 Å². The number of benzene rings is 1. The van der Waals surface area contributed by atoms with Crippen molar-refractivity contribution < 1.29 is 14.6 Å². The van der Waals surface area contributed by atoms with E-state index in [4.69, 9.17) is 15.7 Å². The Hall–Kier alpha value is -3.33. The van der Waals surface area contributed by atoms with Crippen LogP contribution in [-0.2, 0) is 4.79 Å². The van der Waals surface area contributed by atoms with Crippen LogP contribution in [0.15, 0.2) is 54.2 Å². The molecule has 0 unspecified atom stereocenters. The highest BCUT2D eigenvalue weighted by molar-refractivity contribution is 5.95. The summed E-state index contributed by atoms with van der Waals surface area (Å²) in [4.78, 5) is 15.7. The van der Waals surface area contributed by atoms with Gasteiger partial charge >= 0.3 is 0 Å². The minimum atomic E-state index is -0.769. The highest BCUT2D eigenvalue weighted by atomic mass is 16.6. The van der Waals surface area contributed by atoms with E-state index in [1.807, 2.05) is 6.07 Å². The van der Waals surface area contributed by atoms with Gasteiger partial charge in [-0.3, -0.25) is 9.78 Å². The van der Waals surface area contributed by atoms with Crippen molar-refractivity contribution in [3.05, 3.63) is 70.9 Å². The number of primary amides is 1. The minimum Gasteiger partial charge on any atom is -0.480 e. The summed E-state index contributed by atoms with van der Waals surface area (Å²) in [6.07, 6.45) is 3.17. The van der Waals surface area contributed by atoms with Crippen LogP contribution in [-0.4, -0.2) is 16.0 Å². The molecule has 0 saturated heterocycles. The highest BCUT2D eigenvalue weighted by Gasteiger charge is 2.34. The van der Waals surface area contributed by atoms with Crippen LogP contribution < -0.4 is 10.5 Å². The van der Waals surface area contributed by atoms with Gasteiger partial charge in [0.05, 0.1) is 17.6 Å². The van der Waals surface area contributed by atoms with Gasteiger partial charge in [0.2, 0.25) is 0 Å². The van der Waals surface area contributed by atoms with E-state index in [9.17, 15) is 9.90 Å². The van der Waals surface area contributed by atoms with E-state index in [0.717, 1.165) is 5.56 Å². The number of nitriles is 1. The Balaban J connectivity index is 2.24. The summed E-state index contributed by atoms with van der Waals surface area (Å²) in [6, 6.07) is 10.3. The Labute approximate surface area is 126 Å². The molecule has 1 aromatic heterocycles. The number of nitrogens with zero attached hydrogens (tertiary/aromatic N) is 2. The lowest BCUT2D eigenvalue weighted by Gasteiger charge is -2.27. The van der Waals surface area contributed by atoms with Gasteiger partial charge in [-0.05, 0) is 29.8 Å². The predicted octanol–water partition coefficient (Wildman–Crippen LogP) is 1.73. The minimum absolute atomic E-state index is 0.0246. The van der Waals surface area contributed by atoms with Crippen molar-refractivity contribution in [1.29, 1.82) is 5.26 Å². The maximum Gasteiger partial charge on any atom is 0.292 e. The van der Waals surface area contributed by atoms with E-state index in [1.165, 1.54) is 6.07 Å². The van der Waals surface area contributed by atoms with E-state index in [2.05, 4.69) is 4.98 Å². The summed E-state index contributed by atoms with van der Waals surface area (Å²) in [7, 11) is 0. The smallest absolute Gasteiger partial charge is 0.292 e. The average Bonchev–Trinajstić information content (AvgIpc) is 2.53. The van der Waals surface area contributed by atoms with Crippen molar-refractivity contribution in [2.45, 2.75) is 5.92 Å². The van der Waals surface area contributed by atoms with Crippen LogP contribution in [0.1, 0.15) is 22.6 Å². The fourth-order valence-electron chi connectivity index (χ4n) is 2.52. The molecule has 1 atom stereocenters. The number of pyridine rings is 1. The Kier molecular flexibility index (Phi) is 3.24. The molecule has 1 aromatic carbocycles. The Morgan fingerprint density at radius 3 is 2.68 bits per heavy atom. The molecule has 0 aliphatic carbocycles. The molecule has 1 aliphatic rings. The van der Waals surface area contributed by atoms with Crippen LogP contribution in [0.4, 0.5) is 0 Å². The zero-order chi connectivity index (χ0) is 15.7. The number of carbonyl (C=O) groups excluding carboxylic acids is 1. The topological polar surface area (TPSA) is 109 Å². The van der Waals surface area contributed by atoms with Crippen LogP contribution >= 0.6 is 0 Å². The normalized spacial score (nSPS) is 16.4. The van der Waals surface area contributed by atoms with Gasteiger partial charge in [0.1, 0.15) is 11.3 Å². The number of aromatic nitrogens is 1. The fourth-order valence-corrected chi connectivity index (χ4v) is 2.52. The molecule has 6 nitrogen and oxygen atoms in total. The molecule has 0 spiro atoms. The molecule has 3 rings (SSSR count). The van der Waals surface area contributed by atoms with Crippen molar-refractivity contribution in [2.24, 2.45) is 5.73 Å². The fraction of sp³-hybridized carbons (Fsp3) is 0.0625. The number of hydrogen-bond acceptors (Lipinski definition) is 5.